The molecular formula is C22H26F3N3OS. The minimum Gasteiger partial charge on any atom is -0.352 e. The molecule has 0 aliphatic heterocycles. The van der Waals surface area contributed by atoms with Crippen LogP contribution >= 0.6 is 11.8 Å². The zero-order valence-corrected chi connectivity index (χ0v) is 18.0. The molecule has 1 atom stereocenters. The highest BCUT2D eigenvalue weighted by Gasteiger charge is 2.53. The third-order valence-corrected chi connectivity index (χ3v) is 8.23. The summed E-state index contributed by atoms with van der Waals surface area (Å²) in [5.74, 6) is 2.06. The van der Waals surface area contributed by atoms with Gasteiger partial charge in [-0.15, -0.1) is 0 Å². The Hall–Kier alpha value is -1.75. The molecule has 0 radical (unpaired) electrons. The lowest BCUT2D eigenvalue weighted by Crippen LogP contribution is -2.56. The van der Waals surface area contributed by atoms with Crippen molar-refractivity contribution < 1.29 is 18.0 Å². The molecule has 5 rings (SSSR count). The zero-order chi connectivity index (χ0) is 21.7. The van der Waals surface area contributed by atoms with Gasteiger partial charge in [0.15, 0.2) is 0 Å². The fourth-order valence-corrected chi connectivity index (χ4v) is 7.22. The molecule has 4 aliphatic rings. The molecule has 4 bridgehead atoms. The molecule has 4 fully saturated rings. The van der Waals surface area contributed by atoms with E-state index in [-0.39, 0.29) is 33.8 Å². The van der Waals surface area contributed by atoms with Crippen molar-refractivity contribution >= 4 is 17.7 Å². The van der Waals surface area contributed by atoms with Crippen molar-refractivity contribution in [2.24, 2.45) is 23.2 Å². The number of carbonyl (C=O) groups is 1. The highest BCUT2D eigenvalue weighted by atomic mass is 32.2. The molecule has 0 aromatic carbocycles. The molecule has 1 N–H and O–H groups in total. The minimum absolute atomic E-state index is 0.0394. The van der Waals surface area contributed by atoms with Crippen molar-refractivity contribution in [1.82, 2.24) is 10.3 Å². The highest BCUT2D eigenvalue weighted by Crippen LogP contribution is 2.61. The molecular weight excluding hydrogens is 411 g/mol. The summed E-state index contributed by atoms with van der Waals surface area (Å²) in [5, 5.41) is 12.3. The maximum absolute atomic E-state index is 13.3. The summed E-state index contributed by atoms with van der Waals surface area (Å²) in [6.07, 6.45) is 2.85. The monoisotopic (exact) mass is 437 g/mol. The average Bonchev–Trinajstić information content (AvgIpc) is 2.64. The predicted octanol–water partition coefficient (Wildman–Crippen LogP) is 5.09. The second-order valence-electron chi connectivity index (χ2n) is 9.46. The maximum Gasteiger partial charge on any atom is 0.417 e. The first kappa shape index (κ1) is 21.5. The first-order valence-corrected chi connectivity index (χ1v) is 11.5. The normalized spacial score (nSPS) is 30.7. The van der Waals surface area contributed by atoms with E-state index in [0.717, 1.165) is 35.6 Å². The maximum atomic E-state index is 13.3. The van der Waals surface area contributed by atoms with Gasteiger partial charge in [-0.3, -0.25) is 4.79 Å². The van der Waals surface area contributed by atoms with Gasteiger partial charge in [0.25, 0.3) is 0 Å². The number of aryl methyl sites for hydroxylation is 1. The zero-order valence-electron chi connectivity index (χ0n) is 17.2. The topological polar surface area (TPSA) is 65.8 Å². The van der Waals surface area contributed by atoms with E-state index in [4.69, 9.17) is 0 Å². The average molecular weight is 438 g/mol. The van der Waals surface area contributed by atoms with Crippen LogP contribution in [-0.2, 0) is 11.0 Å². The summed E-state index contributed by atoms with van der Waals surface area (Å²) in [4.78, 5) is 16.7. The molecule has 0 unspecified atom stereocenters. The van der Waals surface area contributed by atoms with Crippen LogP contribution < -0.4 is 5.32 Å². The first-order chi connectivity index (χ1) is 14.1. The Labute approximate surface area is 179 Å². The fourth-order valence-electron chi connectivity index (χ4n) is 6.36. The second-order valence-corrected chi connectivity index (χ2v) is 10.4. The van der Waals surface area contributed by atoms with Crippen LogP contribution in [0.5, 0.6) is 0 Å². The summed E-state index contributed by atoms with van der Waals surface area (Å²) in [6.45, 7) is 3.53. The predicted molar refractivity (Wildman–Crippen MR) is 108 cm³/mol. The number of alkyl halides is 3. The number of hydrogen-bond acceptors (Lipinski definition) is 4. The SMILES string of the molecule is Cc1cc(C(F)(F)F)c(C#N)c(SCC(=O)N[C@H](C)C23CC4CC(CC(C4)C2)C3)n1. The Morgan fingerprint density at radius 2 is 1.87 bits per heavy atom. The van der Waals surface area contributed by atoms with Gasteiger partial charge >= 0.3 is 6.18 Å². The number of hydrogen-bond donors (Lipinski definition) is 1. The molecule has 1 heterocycles. The van der Waals surface area contributed by atoms with Crippen molar-refractivity contribution in [1.29, 1.82) is 5.26 Å². The number of aromatic nitrogens is 1. The summed E-state index contributed by atoms with van der Waals surface area (Å²) in [5.41, 5.74) is -1.17. The number of rotatable bonds is 5. The summed E-state index contributed by atoms with van der Waals surface area (Å²) in [6, 6.07) is 2.54. The van der Waals surface area contributed by atoms with Crippen LogP contribution in [0.15, 0.2) is 11.1 Å². The van der Waals surface area contributed by atoms with E-state index >= 15 is 0 Å². The molecule has 4 aliphatic carbocycles. The van der Waals surface area contributed by atoms with Crippen LogP contribution in [0.1, 0.15) is 62.3 Å². The molecule has 0 saturated heterocycles. The highest BCUT2D eigenvalue weighted by molar-refractivity contribution is 8.00. The van der Waals surface area contributed by atoms with E-state index in [9.17, 15) is 23.2 Å². The van der Waals surface area contributed by atoms with E-state index in [1.165, 1.54) is 45.4 Å². The van der Waals surface area contributed by atoms with Gasteiger partial charge in [-0.1, -0.05) is 11.8 Å². The van der Waals surface area contributed by atoms with Crippen LogP contribution in [0.3, 0.4) is 0 Å². The van der Waals surface area contributed by atoms with Gasteiger partial charge in [-0.2, -0.15) is 18.4 Å². The van der Waals surface area contributed by atoms with Crippen molar-refractivity contribution in [3.8, 4) is 6.07 Å². The lowest BCUT2D eigenvalue weighted by Gasteiger charge is -2.59. The Bertz CT molecular complexity index is 858. The quantitative estimate of drug-likeness (QED) is 0.652. The van der Waals surface area contributed by atoms with Crippen molar-refractivity contribution in [2.45, 2.75) is 69.6 Å². The third kappa shape index (κ3) is 4.05. The molecule has 1 aromatic rings. The second kappa shape index (κ2) is 7.74. The molecule has 0 spiro atoms. The van der Waals surface area contributed by atoms with Crippen LogP contribution in [-0.4, -0.2) is 22.7 Å². The van der Waals surface area contributed by atoms with Gasteiger partial charge in [-0.05, 0) is 81.6 Å². The van der Waals surface area contributed by atoms with E-state index in [0.29, 0.717) is 0 Å². The van der Waals surface area contributed by atoms with Gasteiger partial charge < -0.3 is 5.32 Å². The summed E-state index contributed by atoms with van der Waals surface area (Å²) in [7, 11) is 0. The molecule has 4 nitrogen and oxygen atoms in total. The first-order valence-electron chi connectivity index (χ1n) is 10.5. The standard InChI is InChI=1S/C22H26F3N3OS/c1-12-3-18(22(23,24)25)17(10-26)20(27-12)30-11-19(29)28-13(2)21-7-14-4-15(8-21)6-16(5-14)9-21/h3,13-16H,4-9,11H2,1-2H3,(H,28,29)/t13-,14?,15?,16?,21?/m1/s1. The molecule has 1 amide bonds. The number of nitrogens with one attached hydrogen (secondary N) is 1. The van der Waals surface area contributed by atoms with Crippen LogP contribution in [0.2, 0.25) is 0 Å². The summed E-state index contributed by atoms with van der Waals surface area (Å²) >= 11 is 0.898. The Balaban J connectivity index is 1.42. The van der Waals surface area contributed by atoms with Gasteiger partial charge in [0.2, 0.25) is 5.91 Å². The third-order valence-electron chi connectivity index (χ3n) is 7.25. The molecule has 30 heavy (non-hydrogen) atoms. The number of nitrogens with zero attached hydrogens (tertiary/aromatic N) is 2. The lowest BCUT2D eigenvalue weighted by molar-refractivity contribution is -0.138. The molecule has 8 heteroatoms. The van der Waals surface area contributed by atoms with E-state index < -0.39 is 17.3 Å². The van der Waals surface area contributed by atoms with Crippen molar-refractivity contribution in [3.05, 3.63) is 22.9 Å². The van der Waals surface area contributed by atoms with E-state index in [2.05, 4.69) is 17.2 Å². The molecule has 162 valence electrons. The van der Waals surface area contributed by atoms with Crippen LogP contribution in [0, 0.1) is 41.4 Å². The smallest absolute Gasteiger partial charge is 0.352 e. The Morgan fingerprint density at radius 1 is 1.30 bits per heavy atom. The van der Waals surface area contributed by atoms with E-state index in [1.54, 1.807) is 6.07 Å². The van der Waals surface area contributed by atoms with Gasteiger partial charge in [0.1, 0.15) is 11.1 Å². The van der Waals surface area contributed by atoms with Crippen LogP contribution in [0.25, 0.3) is 0 Å². The number of nitriles is 1. The van der Waals surface area contributed by atoms with Crippen LogP contribution in [0.4, 0.5) is 13.2 Å². The minimum atomic E-state index is -4.64. The van der Waals surface area contributed by atoms with Crippen molar-refractivity contribution in [2.75, 3.05) is 5.75 Å². The van der Waals surface area contributed by atoms with Gasteiger partial charge in [-0.25, -0.2) is 4.98 Å². The van der Waals surface area contributed by atoms with Gasteiger partial charge in [0.05, 0.1) is 16.9 Å². The number of pyridine rings is 1. The Kier molecular flexibility index (Phi) is 5.54. The number of halogens is 3. The number of thioether (sulfide) groups is 1. The Morgan fingerprint density at radius 3 is 2.37 bits per heavy atom. The van der Waals surface area contributed by atoms with E-state index in [1.807, 2.05) is 0 Å². The molecule has 4 saturated carbocycles. The summed E-state index contributed by atoms with van der Waals surface area (Å²) < 4.78 is 39.8. The fraction of sp³-hybridized carbons (Fsp3) is 0.682. The van der Waals surface area contributed by atoms with Gasteiger partial charge in [0, 0.05) is 11.7 Å². The number of amides is 1. The lowest BCUT2D eigenvalue weighted by atomic mass is 9.48. The van der Waals surface area contributed by atoms with Crippen molar-refractivity contribution in [3.63, 3.8) is 0 Å². The largest absolute Gasteiger partial charge is 0.417 e. The molecule has 1 aromatic heterocycles. The number of carbonyl (C=O) groups excluding carboxylic acids is 1.